The van der Waals surface area contributed by atoms with Crippen LogP contribution in [0.5, 0.6) is 0 Å². The number of hydrogen-bond acceptors (Lipinski definition) is 3. The molecule has 64 valence electrons. The quantitative estimate of drug-likeness (QED) is 0.554. The van der Waals surface area contributed by atoms with Crippen LogP contribution in [0.1, 0.15) is 10.4 Å². The molecule has 0 aliphatic heterocycles. The molecule has 5 heteroatoms. The Bertz CT molecular complexity index is 273. The van der Waals surface area contributed by atoms with E-state index in [-0.39, 0.29) is 5.91 Å². The van der Waals surface area contributed by atoms with Crippen molar-refractivity contribution in [1.82, 2.24) is 10.5 Å². The zero-order valence-electron chi connectivity index (χ0n) is 6.37. The van der Waals surface area contributed by atoms with E-state index in [0.717, 1.165) is 0 Å². The molecule has 1 amide bonds. The number of nitrogens with one attached hydrogen (secondary N) is 1. The topological polar surface area (TPSA) is 51.2 Å². The van der Waals surface area contributed by atoms with Gasteiger partial charge in [0.2, 0.25) is 0 Å². The predicted molar refractivity (Wildman–Crippen MR) is 43.7 cm³/mol. The average molecular weight is 187 g/mol. The number of rotatable bonds is 2. The molecule has 0 saturated heterocycles. The van der Waals surface area contributed by atoms with Crippen molar-refractivity contribution in [2.24, 2.45) is 0 Å². The Balaban J connectivity index is 2.75. The smallest absolute Gasteiger partial charge is 0.276 e. The van der Waals surface area contributed by atoms with Crippen molar-refractivity contribution in [3.8, 4) is 0 Å². The maximum absolute atomic E-state index is 11.0. The van der Waals surface area contributed by atoms with Crippen LogP contribution in [-0.2, 0) is 4.84 Å². The van der Waals surface area contributed by atoms with Crippen LogP contribution in [0.3, 0.4) is 0 Å². The SMILES string of the molecule is CONC(=O)c1ccc(Cl)nc1. The van der Waals surface area contributed by atoms with Crippen LogP contribution in [0, 0.1) is 0 Å². The highest BCUT2D eigenvalue weighted by Crippen LogP contribution is 2.04. The van der Waals surface area contributed by atoms with Crippen molar-refractivity contribution in [2.45, 2.75) is 0 Å². The fourth-order valence-corrected chi connectivity index (χ4v) is 0.774. The fraction of sp³-hybridized carbons (Fsp3) is 0.143. The van der Waals surface area contributed by atoms with Crippen molar-refractivity contribution >= 4 is 17.5 Å². The third-order valence-electron chi connectivity index (χ3n) is 1.18. The molecule has 1 aromatic heterocycles. The number of amides is 1. The van der Waals surface area contributed by atoms with Gasteiger partial charge in [0.25, 0.3) is 5.91 Å². The molecule has 0 atom stereocenters. The molecule has 1 heterocycles. The Morgan fingerprint density at radius 2 is 2.42 bits per heavy atom. The molecule has 4 nitrogen and oxygen atoms in total. The summed E-state index contributed by atoms with van der Waals surface area (Å²) in [6.45, 7) is 0. The second-order valence-corrected chi connectivity index (χ2v) is 2.39. The third-order valence-corrected chi connectivity index (χ3v) is 1.41. The molecule has 1 rings (SSSR count). The van der Waals surface area contributed by atoms with Gasteiger partial charge in [-0.15, -0.1) is 0 Å². The summed E-state index contributed by atoms with van der Waals surface area (Å²) in [5, 5.41) is 0.351. The van der Waals surface area contributed by atoms with Crippen molar-refractivity contribution in [1.29, 1.82) is 0 Å². The Hall–Kier alpha value is -1.13. The molecule has 12 heavy (non-hydrogen) atoms. The van der Waals surface area contributed by atoms with Gasteiger partial charge in [-0.1, -0.05) is 11.6 Å². The summed E-state index contributed by atoms with van der Waals surface area (Å²) in [6.07, 6.45) is 1.37. The van der Waals surface area contributed by atoms with E-state index in [4.69, 9.17) is 11.6 Å². The summed E-state index contributed by atoms with van der Waals surface area (Å²) in [5.74, 6) is -0.346. The van der Waals surface area contributed by atoms with Gasteiger partial charge in [0.1, 0.15) is 5.15 Å². The van der Waals surface area contributed by atoms with Gasteiger partial charge in [0.05, 0.1) is 12.7 Å². The summed E-state index contributed by atoms with van der Waals surface area (Å²) in [4.78, 5) is 19.2. The van der Waals surface area contributed by atoms with Crippen molar-refractivity contribution in [2.75, 3.05) is 7.11 Å². The molecule has 0 radical (unpaired) electrons. The predicted octanol–water partition coefficient (Wildman–Crippen LogP) is 1.03. The molecular weight excluding hydrogens is 180 g/mol. The Morgan fingerprint density at radius 3 is 2.92 bits per heavy atom. The van der Waals surface area contributed by atoms with Crippen molar-refractivity contribution < 1.29 is 9.63 Å². The summed E-state index contributed by atoms with van der Waals surface area (Å²) < 4.78 is 0. The van der Waals surface area contributed by atoms with Gasteiger partial charge in [0.15, 0.2) is 0 Å². The lowest BCUT2D eigenvalue weighted by atomic mass is 10.3. The highest BCUT2D eigenvalue weighted by molar-refractivity contribution is 6.29. The highest BCUT2D eigenvalue weighted by atomic mass is 35.5. The number of carbonyl (C=O) groups excluding carboxylic acids is 1. The number of halogens is 1. The maximum Gasteiger partial charge on any atom is 0.276 e. The highest BCUT2D eigenvalue weighted by Gasteiger charge is 2.03. The van der Waals surface area contributed by atoms with Crippen LogP contribution < -0.4 is 5.48 Å². The molecule has 0 bridgehead atoms. The first-order valence-electron chi connectivity index (χ1n) is 3.19. The lowest BCUT2D eigenvalue weighted by Gasteiger charge is -2.00. The van der Waals surface area contributed by atoms with Crippen LogP contribution in [0.15, 0.2) is 18.3 Å². The third kappa shape index (κ3) is 2.18. The molecule has 0 aliphatic rings. The van der Waals surface area contributed by atoms with Gasteiger partial charge in [-0.25, -0.2) is 10.5 Å². The van der Waals surface area contributed by atoms with E-state index >= 15 is 0 Å². The number of hydrogen-bond donors (Lipinski definition) is 1. The van der Waals surface area contributed by atoms with Gasteiger partial charge < -0.3 is 0 Å². The van der Waals surface area contributed by atoms with E-state index in [1.165, 1.54) is 19.4 Å². The van der Waals surface area contributed by atoms with Gasteiger partial charge in [-0.05, 0) is 12.1 Å². The Morgan fingerprint density at radius 1 is 1.67 bits per heavy atom. The molecule has 0 fully saturated rings. The van der Waals surface area contributed by atoms with Crippen molar-refractivity contribution in [3.63, 3.8) is 0 Å². The van der Waals surface area contributed by atoms with Gasteiger partial charge in [-0.2, -0.15) is 0 Å². The van der Waals surface area contributed by atoms with Crippen LogP contribution in [0.2, 0.25) is 5.15 Å². The van der Waals surface area contributed by atoms with Crippen LogP contribution in [-0.4, -0.2) is 18.0 Å². The number of hydroxylamine groups is 1. The average Bonchev–Trinajstić information content (AvgIpc) is 2.06. The minimum atomic E-state index is -0.346. The van der Waals surface area contributed by atoms with Gasteiger partial charge in [-0.3, -0.25) is 9.63 Å². The standard InChI is InChI=1S/C7H7ClN2O2/c1-12-10-7(11)5-2-3-6(8)9-4-5/h2-4H,1H3,(H,10,11). The second kappa shape index (κ2) is 4.04. The Kier molecular flexibility index (Phi) is 3.01. The summed E-state index contributed by atoms with van der Waals surface area (Å²) in [5.41, 5.74) is 2.56. The van der Waals surface area contributed by atoms with E-state index in [9.17, 15) is 4.79 Å². The normalized spacial score (nSPS) is 9.50. The molecule has 0 aliphatic carbocycles. The van der Waals surface area contributed by atoms with Crippen LogP contribution >= 0.6 is 11.6 Å². The Labute approximate surface area is 74.5 Å². The first-order valence-corrected chi connectivity index (χ1v) is 3.56. The summed E-state index contributed by atoms with van der Waals surface area (Å²) >= 11 is 5.52. The lowest BCUT2D eigenvalue weighted by Crippen LogP contribution is -2.21. The second-order valence-electron chi connectivity index (χ2n) is 2.00. The first kappa shape index (κ1) is 8.96. The minimum Gasteiger partial charge on any atom is -0.277 e. The number of pyridine rings is 1. The summed E-state index contributed by atoms with van der Waals surface area (Å²) in [7, 11) is 1.36. The molecule has 1 N–H and O–H groups in total. The minimum absolute atomic E-state index is 0.346. The van der Waals surface area contributed by atoms with Crippen LogP contribution in [0.25, 0.3) is 0 Å². The molecule has 0 aromatic carbocycles. The van der Waals surface area contributed by atoms with Crippen LogP contribution in [0.4, 0.5) is 0 Å². The largest absolute Gasteiger partial charge is 0.277 e. The number of nitrogens with zero attached hydrogens (tertiary/aromatic N) is 1. The van der Waals surface area contributed by atoms with Gasteiger partial charge >= 0.3 is 0 Å². The number of carbonyl (C=O) groups is 1. The number of aromatic nitrogens is 1. The first-order chi connectivity index (χ1) is 5.74. The molecular formula is C7H7ClN2O2. The molecule has 0 unspecified atom stereocenters. The fourth-order valence-electron chi connectivity index (χ4n) is 0.662. The molecule has 1 aromatic rings. The lowest BCUT2D eigenvalue weighted by molar-refractivity contribution is 0.0537. The molecule has 0 spiro atoms. The van der Waals surface area contributed by atoms with E-state index in [0.29, 0.717) is 10.7 Å². The molecule has 0 saturated carbocycles. The van der Waals surface area contributed by atoms with Gasteiger partial charge in [0, 0.05) is 6.20 Å². The zero-order valence-corrected chi connectivity index (χ0v) is 7.13. The summed E-state index contributed by atoms with van der Waals surface area (Å²) in [6, 6.07) is 3.09. The van der Waals surface area contributed by atoms with Crippen molar-refractivity contribution in [3.05, 3.63) is 29.0 Å². The van der Waals surface area contributed by atoms with E-state index < -0.39 is 0 Å². The maximum atomic E-state index is 11.0. The van der Waals surface area contributed by atoms with E-state index in [1.54, 1.807) is 6.07 Å². The monoisotopic (exact) mass is 186 g/mol. The zero-order chi connectivity index (χ0) is 8.97. The van der Waals surface area contributed by atoms with E-state index in [2.05, 4.69) is 15.3 Å². The van der Waals surface area contributed by atoms with E-state index in [1.807, 2.05) is 0 Å².